The number of unbranched alkanes of at least 4 members (excludes halogenated alkanes) is 1. The van der Waals surface area contributed by atoms with Gasteiger partial charge in [0.2, 0.25) is 0 Å². The van der Waals surface area contributed by atoms with E-state index in [4.69, 9.17) is 4.74 Å². The summed E-state index contributed by atoms with van der Waals surface area (Å²) in [6.45, 7) is 4.21. The van der Waals surface area contributed by atoms with Gasteiger partial charge in [-0.1, -0.05) is 13.3 Å². The van der Waals surface area contributed by atoms with Crippen LogP contribution in [0.2, 0.25) is 0 Å². The Morgan fingerprint density at radius 1 is 1.23 bits per heavy atom. The molecule has 0 fully saturated rings. The largest absolute Gasteiger partial charge is 0.380 e. The second-order valence-electron chi connectivity index (χ2n) is 4.55. The highest BCUT2D eigenvalue weighted by molar-refractivity contribution is 14.0. The SMILES string of the molecule is CCCCOCCNC(=NC)NCc1cc(F)ccc1F.I. The highest BCUT2D eigenvalue weighted by Crippen LogP contribution is 2.08. The smallest absolute Gasteiger partial charge is 0.191 e. The lowest BCUT2D eigenvalue weighted by Gasteiger charge is -2.12. The number of guanidine groups is 1. The molecular formula is C15H24F2IN3O. The summed E-state index contributed by atoms with van der Waals surface area (Å²) in [5.41, 5.74) is 0.261. The van der Waals surface area contributed by atoms with Gasteiger partial charge in [-0.25, -0.2) is 8.78 Å². The van der Waals surface area contributed by atoms with E-state index in [0.29, 0.717) is 19.1 Å². The van der Waals surface area contributed by atoms with E-state index in [9.17, 15) is 8.78 Å². The van der Waals surface area contributed by atoms with Crippen molar-refractivity contribution in [2.24, 2.45) is 4.99 Å². The third kappa shape index (κ3) is 8.47. The van der Waals surface area contributed by atoms with Gasteiger partial charge in [-0.2, -0.15) is 0 Å². The number of nitrogens with zero attached hydrogens (tertiary/aromatic N) is 1. The quantitative estimate of drug-likeness (QED) is 0.290. The number of ether oxygens (including phenoxy) is 1. The molecule has 0 saturated heterocycles. The van der Waals surface area contributed by atoms with Gasteiger partial charge in [-0.15, -0.1) is 24.0 Å². The van der Waals surface area contributed by atoms with Crippen molar-refractivity contribution in [3.63, 3.8) is 0 Å². The normalized spacial score (nSPS) is 11.0. The Balaban J connectivity index is 0.00000441. The van der Waals surface area contributed by atoms with E-state index in [0.717, 1.165) is 31.6 Å². The number of rotatable bonds is 8. The molecule has 0 aliphatic carbocycles. The van der Waals surface area contributed by atoms with Crippen LogP contribution in [0.5, 0.6) is 0 Å². The van der Waals surface area contributed by atoms with Crippen LogP contribution >= 0.6 is 24.0 Å². The van der Waals surface area contributed by atoms with Crippen LogP contribution in [0.1, 0.15) is 25.3 Å². The molecule has 0 bridgehead atoms. The first-order chi connectivity index (χ1) is 10.2. The predicted octanol–water partition coefficient (Wildman–Crippen LogP) is 3.06. The summed E-state index contributed by atoms with van der Waals surface area (Å²) in [6.07, 6.45) is 2.15. The molecule has 0 aromatic heterocycles. The highest BCUT2D eigenvalue weighted by Gasteiger charge is 2.05. The topological polar surface area (TPSA) is 45.6 Å². The van der Waals surface area contributed by atoms with E-state index in [-0.39, 0.29) is 36.1 Å². The number of hydrogen-bond donors (Lipinski definition) is 2. The third-order valence-electron chi connectivity index (χ3n) is 2.86. The summed E-state index contributed by atoms with van der Waals surface area (Å²) in [4.78, 5) is 4.01. The van der Waals surface area contributed by atoms with Crippen LogP contribution in [-0.4, -0.2) is 32.8 Å². The Kier molecular flexibility index (Phi) is 12.0. The van der Waals surface area contributed by atoms with Crippen molar-refractivity contribution in [3.8, 4) is 0 Å². The molecule has 1 aromatic carbocycles. The maximum atomic E-state index is 13.5. The molecule has 22 heavy (non-hydrogen) atoms. The second kappa shape index (κ2) is 12.6. The van der Waals surface area contributed by atoms with E-state index in [1.54, 1.807) is 7.05 Å². The van der Waals surface area contributed by atoms with E-state index < -0.39 is 11.6 Å². The van der Waals surface area contributed by atoms with E-state index in [1.165, 1.54) is 6.07 Å². The number of halogens is 3. The average Bonchev–Trinajstić information content (AvgIpc) is 2.49. The molecule has 0 unspecified atom stereocenters. The predicted molar refractivity (Wildman–Crippen MR) is 95.7 cm³/mol. The molecule has 4 nitrogen and oxygen atoms in total. The molecule has 0 saturated carbocycles. The third-order valence-corrected chi connectivity index (χ3v) is 2.86. The number of aliphatic imine (C=N–C) groups is 1. The fourth-order valence-corrected chi connectivity index (χ4v) is 1.67. The van der Waals surface area contributed by atoms with Crippen LogP contribution in [0.25, 0.3) is 0 Å². The van der Waals surface area contributed by atoms with E-state index in [2.05, 4.69) is 22.5 Å². The fraction of sp³-hybridized carbons (Fsp3) is 0.533. The van der Waals surface area contributed by atoms with Gasteiger partial charge < -0.3 is 15.4 Å². The van der Waals surface area contributed by atoms with Gasteiger partial charge in [-0.05, 0) is 24.6 Å². The maximum Gasteiger partial charge on any atom is 0.191 e. The zero-order valence-electron chi connectivity index (χ0n) is 13.0. The Morgan fingerprint density at radius 3 is 2.68 bits per heavy atom. The highest BCUT2D eigenvalue weighted by atomic mass is 127. The lowest BCUT2D eigenvalue weighted by Crippen LogP contribution is -2.38. The lowest BCUT2D eigenvalue weighted by atomic mass is 10.2. The molecule has 2 N–H and O–H groups in total. The van der Waals surface area contributed by atoms with Crippen molar-refractivity contribution >= 4 is 29.9 Å². The molecule has 1 aromatic rings. The van der Waals surface area contributed by atoms with Gasteiger partial charge in [0, 0.05) is 32.3 Å². The molecule has 0 aliphatic heterocycles. The first-order valence-corrected chi connectivity index (χ1v) is 7.13. The molecule has 0 aliphatic rings. The Labute approximate surface area is 147 Å². The summed E-state index contributed by atoms with van der Waals surface area (Å²) < 4.78 is 31.9. The monoisotopic (exact) mass is 427 g/mol. The van der Waals surface area contributed by atoms with E-state index in [1.807, 2.05) is 0 Å². The average molecular weight is 427 g/mol. The Morgan fingerprint density at radius 2 is 2.00 bits per heavy atom. The molecule has 0 amide bonds. The molecule has 0 radical (unpaired) electrons. The molecular weight excluding hydrogens is 403 g/mol. The molecule has 7 heteroatoms. The summed E-state index contributed by atoms with van der Waals surface area (Å²) in [7, 11) is 1.62. The number of nitrogens with one attached hydrogen (secondary N) is 2. The molecule has 1 rings (SSSR count). The van der Waals surface area contributed by atoms with Gasteiger partial charge in [-0.3, -0.25) is 4.99 Å². The van der Waals surface area contributed by atoms with Crippen LogP contribution in [0.3, 0.4) is 0 Å². The van der Waals surface area contributed by atoms with Crippen molar-refractivity contribution < 1.29 is 13.5 Å². The molecule has 0 atom stereocenters. The van der Waals surface area contributed by atoms with Crippen LogP contribution < -0.4 is 10.6 Å². The summed E-state index contributed by atoms with van der Waals surface area (Å²) in [6, 6.07) is 3.38. The van der Waals surface area contributed by atoms with Crippen LogP contribution in [-0.2, 0) is 11.3 Å². The van der Waals surface area contributed by atoms with E-state index >= 15 is 0 Å². The van der Waals surface area contributed by atoms with Crippen LogP contribution in [0.4, 0.5) is 8.78 Å². The standard InChI is InChI=1S/C15H23F2N3O.HI/c1-3-4-8-21-9-7-19-15(18-2)20-11-12-10-13(16)5-6-14(12)17;/h5-6,10H,3-4,7-9,11H2,1-2H3,(H2,18,19,20);1H. The van der Waals surface area contributed by atoms with Gasteiger partial charge in [0.05, 0.1) is 6.61 Å². The maximum absolute atomic E-state index is 13.5. The number of benzene rings is 1. The van der Waals surface area contributed by atoms with Crippen molar-refractivity contribution in [1.82, 2.24) is 10.6 Å². The fourth-order valence-electron chi connectivity index (χ4n) is 1.67. The molecule has 126 valence electrons. The first kappa shape index (κ1) is 21.0. The van der Waals surface area contributed by atoms with Gasteiger partial charge in [0.1, 0.15) is 11.6 Å². The molecule has 0 spiro atoms. The van der Waals surface area contributed by atoms with Gasteiger partial charge in [0.15, 0.2) is 5.96 Å². The van der Waals surface area contributed by atoms with Crippen LogP contribution in [0, 0.1) is 11.6 Å². The minimum Gasteiger partial charge on any atom is -0.380 e. The lowest BCUT2D eigenvalue weighted by molar-refractivity contribution is 0.136. The second-order valence-corrected chi connectivity index (χ2v) is 4.55. The summed E-state index contributed by atoms with van der Waals surface area (Å²) in [5.74, 6) is -0.375. The summed E-state index contributed by atoms with van der Waals surface area (Å²) in [5, 5.41) is 5.98. The van der Waals surface area contributed by atoms with Crippen LogP contribution in [0.15, 0.2) is 23.2 Å². The molecule has 0 heterocycles. The summed E-state index contributed by atoms with van der Waals surface area (Å²) >= 11 is 0. The zero-order chi connectivity index (χ0) is 15.5. The van der Waals surface area contributed by atoms with Crippen molar-refractivity contribution in [2.75, 3.05) is 26.8 Å². The number of hydrogen-bond acceptors (Lipinski definition) is 2. The minimum absolute atomic E-state index is 0. The van der Waals surface area contributed by atoms with Gasteiger partial charge in [0.25, 0.3) is 0 Å². The van der Waals surface area contributed by atoms with Crippen molar-refractivity contribution in [2.45, 2.75) is 26.3 Å². The van der Waals surface area contributed by atoms with Gasteiger partial charge >= 0.3 is 0 Å². The Bertz CT molecular complexity index is 458. The van der Waals surface area contributed by atoms with Crippen molar-refractivity contribution in [1.29, 1.82) is 0 Å². The minimum atomic E-state index is -0.458. The first-order valence-electron chi connectivity index (χ1n) is 7.13. The van der Waals surface area contributed by atoms with Crippen molar-refractivity contribution in [3.05, 3.63) is 35.4 Å². The zero-order valence-corrected chi connectivity index (χ0v) is 15.3. The Hall–Kier alpha value is -0.960.